The molecule has 4 rings (SSSR count). The van der Waals surface area contributed by atoms with Crippen LogP contribution in [0, 0.1) is 5.82 Å². The van der Waals surface area contributed by atoms with Crippen molar-refractivity contribution in [3.63, 3.8) is 0 Å². The summed E-state index contributed by atoms with van der Waals surface area (Å²) in [6, 6.07) is 17.0. The van der Waals surface area contributed by atoms with Crippen molar-refractivity contribution in [3.05, 3.63) is 92.3 Å². The average molecular weight is 590 g/mol. The van der Waals surface area contributed by atoms with Gasteiger partial charge in [-0.25, -0.2) is 9.82 Å². The quantitative estimate of drug-likeness (QED) is 0.180. The maximum atomic E-state index is 13.8. The molecule has 0 unspecified atom stereocenters. The number of ether oxygens (including phenoxy) is 2. The second-order valence-corrected chi connectivity index (χ2v) is 8.84. The van der Waals surface area contributed by atoms with E-state index in [9.17, 15) is 9.18 Å². The third-order valence-electron chi connectivity index (χ3n) is 4.75. The molecule has 4 aromatic rings. The fourth-order valence-corrected chi connectivity index (χ4v) is 4.62. The number of rotatable bonds is 8. The highest BCUT2D eigenvalue weighted by Gasteiger charge is 2.13. The minimum atomic E-state index is -0.478. The Hall–Kier alpha value is -3.17. The van der Waals surface area contributed by atoms with E-state index in [-0.39, 0.29) is 18.2 Å². The minimum absolute atomic E-state index is 0.0803. The summed E-state index contributed by atoms with van der Waals surface area (Å²) in [6.45, 7) is 2.53. The second kappa shape index (κ2) is 10.8. The van der Waals surface area contributed by atoms with Crippen molar-refractivity contribution in [3.8, 4) is 11.5 Å². The molecule has 174 valence electrons. The molecule has 0 aliphatic rings. The maximum Gasteiger partial charge on any atom is 0.307 e. The Labute approximate surface area is 212 Å². The zero-order valence-electron chi connectivity index (χ0n) is 18.0. The third-order valence-corrected chi connectivity index (χ3v) is 5.93. The zero-order chi connectivity index (χ0) is 24.1. The highest BCUT2D eigenvalue weighted by molar-refractivity contribution is 9.11. The van der Waals surface area contributed by atoms with E-state index in [0.717, 1.165) is 5.39 Å². The van der Waals surface area contributed by atoms with Gasteiger partial charge in [0.15, 0.2) is 5.76 Å². The van der Waals surface area contributed by atoms with Crippen molar-refractivity contribution < 1.29 is 23.1 Å². The van der Waals surface area contributed by atoms with Gasteiger partial charge in [0.2, 0.25) is 0 Å². The normalized spacial score (nSPS) is 11.2. The summed E-state index contributed by atoms with van der Waals surface area (Å²) in [4.78, 5) is 12.4. The van der Waals surface area contributed by atoms with Crippen molar-refractivity contribution in [2.24, 2.45) is 5.10 Å². The summed E-state index contributed by atoms with van der Waals surface area (Å²) in [5.74, 6) is 0.568. The number of hydrogen-bond acceptors (Lipinski definition) is 5. The summed E-state index contributed by atoms with van der Waals surface area (Å²) >= 11 is 6.92. The summed E-state index contributed by atoms with van der Waals surface area (Å²) < 4.78 is 32.0. The van der Waals surface area contributed by atoms with E-state index >= 15 is 0 Å². The van der Waals surface area contributed by atoms with Gasteiger partial charge in [0.05, 0.1) is 21.8 Å². The van der Waals surface area contributed by atoms with Crippen LogP contribution in [0.15, 0.2) is 79.1 Å². The van der Waals surface area contributed by atoms with Gasteiger partial charge >= 0.3 is 5.91 Å². The zero-order valence-corrected chi connectivity index (χ0v) is 21.2. The number of nitrogens with one attached hydrogen (secondary N) is 1. The molecule has 0 radical (unpaired) electrons. The lowest BCUT2D eigenvalue weighted by Gasteiger charge is -2.11. The molecule has 1 aromatic heterocycles. The smallest absolute Gasteiger partial charge is 0.307 e. The number of benzene rings is 3. The van der Waals surface area contributed by atoms with Gasteiger partial charge in [0.25, 0.3) is 0 Å². The number of halogens is 3. The first kappa shape index (κ1) is 24.0. The lowest BCUT2D eigenvalue weighted by atomic mass is 10.2. The molecule has 0 aliphatic heterocycles. The molecule has 0 bridgehead atoms. The van der Waals surface area contributed by atoms with E-state index in [1.54, 1.807) is 48.5 Å². The highest BCUT2D eigenvalue weighted by atomic mass is 79.9. The first-order chi connectivity index (χ1) is 16.4. The molecular formula is C25H19Br2FN2O4. The molecule has 0 spiro atoms. The van der Waals surface area contributed by atoms with Crippen molar-refractivity contribution >= 4 is 55.0 Å². The Bertz CT molecular complexity index is 1350. The van der Waals surface area contributed by atoms with Gasteiger partial charge in [-0.3, -0.25) is 4.79 Å². The Balaban J connectivity index is 1.41. The van der Waals surface area contributed by atoms with Gasteiger partial charge in [-0.2, -0.15) is 5.10 Å². The van der Waals surface area contributed by atoms with E-state index in [0.29, 0.717) is 43.8 Å². The Morgan fingerprint density at radius 1 is 1.09 bits per heavy atom. The van der Waals surface area contributed by atoms with Gasteiger partial charge in [0, 0.05) is 10.9 Å². The van der Waals surface area contributed by atoms with Crippen LogP contribution < -0.4 is 14.9 Å². The highest BCUT2D eigenvalue weighted by Crippen LogP contribution is 2.35. The largest absolute Gasteiger partial charge is 0.494 e. The molecule has 1 amide bonds. The number of furan rings is 1. The van der Waals surface area contributed by atoms with Crippen molar-refractivity contribution in [1.29, 1.82) is 0 Å². The average Bonchev–Trinajstić information content (AvgIpc) is 3.23. The minimum Gasteiger partial charge on any atom is -0.494 e. The first-order valence-corrected chi connectivity index (χ1v) is 11.9. The predicted octanol–water partition coefficient (Wildman–Crippen LogP) is 6.84. The number of carbonyl (C=O) groups excluding carboxylic acids is 1. The SMILES string of the molecule is CCOc1ccc2oc(C(=O)N/N=C/c3cc(Br)c(OCc4ccccc4F)c(Br)c3)cc2c1. The van der Waals surface area contributed by atoms with Crippen LogP contribution in [-0.2, 0) is 6.61 Å². The van der Waals surface area contributed by atoms with Crippen LogP contribution in [0.25, 0.3) is 11.0 Å². The van der Waals surface area contributed by atoms with Crippen LogP contribution >= 0.6 is 31.9 Å². The van der Waals surface area contributed by atoms with Crippen molar-refractivity contribution in [2.75, 3.05) is 6.61 Å². The fraction of sp³-hybridized carbons (Fsp3) is 0.120. The van der Waals surface area contributed by atoms with Crippen LogP contribution in [0.2, 0.25) is 0 Å². The lowest BCUT2D eigenvalue weighted by molar-refractivity contribution is 0.0929. The maximum absolute atomic E-state index is 13.8. The summed E-state index contributed by atoms with van der Waals surface area (Å²) in [6.07, 6.45) is 1.49. The number of amides is 1. The Morgan fingerprint density at radius 2 is 1.85 bits per heavy atom. The molecule has 1 heterocycles. The van der Waals surface area contributed by atoms with Gasteiger partial charge < -0.3 is 13.9 Å². The summed E-state index contributed by atoms with van der Waals surface area (Å²) in [5.41, 5.74) is 4.19. The van der Waals surface area contributed by atoms with Crippen LogP contribution in [0.4, 0.5) is 4.39 Å². The molecule has 9 heteroatoms. The van der Waals surface area contributed by atoms with Crippen LogP contribution in [0.5, 0.6) is 11.5 Å². The predicted molar refractivity (Wildman–Crippen MR) is 135 cm³/mol. The number of carbonyl (C=O) groups is 1. The molecule has 0 saturated carbocycles. The lowest BCUT2D eigenvalue weighted by Crippen LogP contribution is -2.16. The monoisotopic (exact) mass is 588 g/mol. The summed E-state index contributed by atoms with van der Waals surface area (Å²) in [7, 11) is 0. The van der Waals surface area contributed by atoms with Gasteiger partial charge in [-0.05, 0) is 86.8 Å². The van der Waals surface area contributed by atoms with E-state index in [1.807, 2.05) is 13.0 Å². The number of fused-ring (bicyclic) bond motifs is 1. The first-order valence-electron chi connectivity index (χ1n) is 10.3. The molecule has 1 N–H and O–H groups in total. The van der Waals surface area contributed by atoms with E-state index in [4.69, 9.17) is 13.9 Å². The van der Waals surface area contributed by atoms with E-state index in [2.05, 4.69) is 42.4 Å². The molecule has 0 aliphatic carbocycles. The number of nitrogens with zero attached hydrogens (tertiary/aromatic N) is 1. The molecule has 0 saturated heterocycles. The van der Waals surface area contributed by atoms with Gasteiger partial charge in [-0.1, -0.05) is 18.2 Å². The molecule has 6 nitrogen and oxygen atoms in total. The van der Waals surface area contributed by atoms with E-state index in [1.165, 1.54) is 12.3 Å². The van der Waals surface area contributed by atoms with Gasteiger partial charge in [-0.15, -0.1) is 0 Å². The second-order valence-electron chi connectivity index (χ2n) is 7.14. The van der Waals surface area contributed by atoms with Crippen LogP contribution in [0.1, 0.15) is 28.6 Å². The van der Waals surface area contributed by atoms with E-state index < -0.39 is 5.91 Å². The van der Waals surface area contributed by atoms with Crippen molar-refractivity contribution in [1.82, 2.24) is 5.43 Å². The Kier molecular flexibility index (Phi) is 7.64. The number of hydrogen-bond donors (Lipinski definition) is 1. The molecule has 34 heavy (non-hydrogen) atoms. The standard InChI is InChI=1S/C25H19Br2FN2O4/c1-2-32-18-7-8-22-17(11-18)12-23(34-22)25(31)30-29-13-15-9-19(26)24(20(27)10-15)33-14-16-5-3-4-6-21(16)28/h3-13H,2,14H2,1H3,(H,30,31)/b29-13+. The van der Waals surface area contributed by atoms with Crippen LogP contribution in [-0.4, -0.2) is 18.7 Å². The molecule has 0 fully saturated rings. The number of hydrazone groups is 1. The molecular weight excluding hydrogens is 571 g/mol. The molecule has 3 aromatic carbocycles. The summed E-state index contributed by atoms with van der Waals surface area (Å²) in [5, 5.41) is 4.77. The van der Waals surface area contributed by atoms with Crippen LogP contribution in [0.3, 0.4) is 0 Å². The topological polar surface area (TPSA) is 73.1 Å². The van der Waals surface area contributed by atoms with Gasteiger partial charge in [0.1, 0.15) is 29.5 Å². The fourth-order valence-electron chi connectivity index (χ4n) is 3.17. The Morgan fingerprint density at radius 3 is 2.59 bits per heavy atom. The van der Waals surface area contributed by atoms with Crippen molar-refractivity contribution in [2.45, 2.75) is 13.5 Å². The molecule has 0 atom stereocenters. The third kappa shape index (κ3) is 5.66.